The van der Waals surface area contributed by atoms with E-state index in [4.69, 9.17) is 0 Å². The summed E-state index contributed by atoms with van der Waals surface area (Å²) in [4.78, 5) is 2.22. The third-order valence-electron chi connectivity index (χ3n) is 5.94. The lowest BCUT2D eigenvalue weighted by Gasteiger charge is -2.20. The zero-order chi connectivity index (χ0) is 21.8. The number of hydrogen-bond donors (Lipinski definition) is 0. The predicted molar refractivity (Wildman–Crippen MR) is 137 cm³/mol. The lowest BCUT2D eigenvalue weighted by atomic mass is 10.00. The number of benzene rings is 5. The average Bonchev–Trinajstić information content (AvgIpc) is 2.90. The fourth-order valence-electron chi connectivity index (χ4n) is 4.02. The van der Waals surface area contributed by atoms with Crippen LogP contribution in [0.5, 0.6) is 0 Å². The second-order valence-electron chi connectivity index (χ2n) is 7.96. The van der Waals surface area contributed by atoms with Crippen molar-refractivity contribution in [3.05, 3.63) is 133 Å². The highest BCUT2D eigenvalue weighted by molar-refractivity contribution is 5.74. The van der Waals surface area contributed by atoms with Gasteiger partial charge in [-0.25, -0.2) is 0 Å². The normalized spacial score (nSPS) is 10.7. The van der Waals surface area contributed by atoms with Crippen LogP contribution in [0, 0.1) is 0 Å². The number of nitrogens with zero attached hydrogens (tertiary/aromatic N) is 1. The first-order valence-corrected chi connectivity index (χ1v) is 10.9. The van der Waals surface area contributed by atoms with Crippen LogP contribution in [-0.2, 0) is 0 Å². The molecule has 0 spiro atoms. The maximum absolute atomic E-state index is 2.22. The molecule has 1 heteroatoms. The van der Waals surface area contributed by atoms with Crippen molar-refractivity contribution in [1.82, 2.24) is 0 Å². The summed E-state index contributed by atoms with van der Waals surface area (Å²) in [5.74, 6) is 0. The molecule has 0 heterocycles. The third kappa shape index (κ3) is 4.19. The van der Waals surface area contributed by atoms with Crippen molar-refractivity contribution in [1.29, 1.82) is 0 Å². The molecule has 0 aromatic heterocycles. The minimum absolute atomic E-state index is 1.17. The van der Waals surface area contributed by atoms with Crippen LogP contribution >= 0.6 is 0 Å². The molecule has 0 unspecified atom stereocenters. The van der Waals surface area contributed by atoms with Crippen LogP contribution in [0.3, 0.4) is 0 Å². The summed E-state index contributed by atoms with van der Waals surface area (Å²) in [5.41, 5.74) is 9.75. The number of anilines is 2. The molecule has 154 valence electrons. The molecule has 0 radical (unpaired) electrons. The highest BCUT2D eigenvalue weighted by Crippen LogP contribution is 2.30. The van der Waals surface area contributed by atoms with Gasteiger partial charge in [0.15, 0.2) is 0 Å². The van der Waals surface area contributed by atoms with E-state index >= 15 is 0 Å². The van der Waals surface area contributed by atoms with Crippen molar-refractivity contribution < 1.29 is 0 Å². The molecule has 0 saturated carbocycles. The molecule has 0 saturated heterocycles. The summed E-state index contributed by atoms with van der Waals surface area (Å²) < 4.78 is 0. The minimum atomic E-state index is 1.17. The monoisotopic (exact) mass is 411 g/mol. The van der Waals surface area contributed by atoms with E-state index in [1.165, 1.54) is 44.8 Å². The molecule has 5 aromatic carbocycles. The molecule has 5 aromatic rings. The average molecular weight is 412 g/mol. The van der Waals surface area contributed by atoms with Gasteiger partial charge in [-0.1, -0.05) is 109 Å². The van der Waals surface area contributed by atoms with E-state index in [-0.39, 0.29) is 0 Å². The molecule has 0 aliphatic heterocycles. The van der Waals surface area contributed by atoms with E-state index in [1.54, 1.807) is 0 Å². The van der Waals surface area contributed by atoms with Gasteiger partial charge in [0.1, 0.15) is 0 Å². The van der Waals surface area contributed by atoms with Crippen LogP contribution in [0.25, 0.3) is 33.4 Å². The van der Waals surface area contributed by atoms with Crippen LogP contribution < -0.4 is 4.90 Å². The van der Waals surface area contributed by atoms with Gasteiger partial charge in [-0.15, -0.1) is 0 Å². The van der Waals surface area contributed by atoms with Crippen molar-refractivity contribution in [3.8, 4) is 33.4 Å². The molecule has 0 N–H and O–H groups in total. The molecule has 0 aliphatic carbocycles. The van der Waals surface area contributed by atoms with Crippen molar-refractivity contribution in [3.63, 3.8) is 0 Å². The lowest BCUT2D eigenvalue weighted by Crippen LogP contribution is -2.08. The molecule has 0 amide bonds. The van der Waals surface area contributed by atoms with Gasteiger partial charge in [0.05, 0.1) is 0 Å². The summed E-state index contributed by atoms with van der Waals surface area (Å²) in [7, 11) is 2.11. The molecule has 0 atom stereocenters. The van der Waals surface area contributed by atoms with Gasteiger partial charge in [0, 0.05) is 18.4 Å². The summed E-state index contributed by atoms with van der Waals surface area (Å²) in [5, 5.41) is 0. The van der Waals surface area contributed by atoms with Crippen molar-refractivity contribution in [2.45, 2.75) is 0 Å². The fourth-order valence-corrected chi connectivity index (χ4v) is 4.02. The van der Waals surface area contributed by atoms with Crippen molar-refractivity contribution in [2.75, 3.05) is 11.9 Å². The Balaban J connectivity index is 1.32. The molecular weight excluding hydrogens is 386 g/mol. The first kappa shape index (κ1) is 19.8. The topological polar surface area (TPSA) is 3.24 Å². The van der Waals surface area contributed by atoms with Gasteiger partial charge in [0.25, 0.3) is 0 Å². The quantitative estimate of drug-likeness (QED) is 0.280. The van der Waals surface area contributed by atoms with Gasteiger partial charge in [-0.2, -0.15) is 0 Å². The van der Waals surface area contributed by atoms with Gasteiger partial charge in [0.2, 0.25) is 0 Å². The Morgan fingerprint density at radius 1 is 0.312 bits per heavy atom. The van der Waals surface area contributed by atoms with Crippen LogP contribution in [0.2, 0.25) is 0 Å². The first-order valence-electron chi connectivity index (χ1n) is 10.9. The van der Waals surface area contributed by atoms with Crippen molar-refractivity contribution in [2.24, 2.45) is 0 Å². The summed E-state index contributed by atoms with van der Waals surface area (Å²) in [6, 6.07) is 47.3. The van der Waals surface area contributed by atoms with Gasteiger partial charge in [-0.05, 0) is 57.6 Å². The fraction of sp³-hybridized carbons (Fsp3) is 0.0323. The molecule has 5 rings (SSSR count). The van der Waals surface area contributed by atoms with Crippen LogP contribution in [-0.4, -0.2) is 7.05 Å². The Bertz CT molecular complexity index is 1270. The van der Waals surface area contributed by atoms with Gasteiger partial charge in [-0.3, -0.25) is 0 Å². The second kappa shape index (κ2) is 8.95. The van der Waals surface area contributed by atoms with E-state index in [0.717, 1.165) is 0 Å². The van der Waals surface area contributed by atoms with E-state index < -0.39 is 0 Å². The van der Waals surface area contributed by atoms with E-state index in [0.29, 0.717) is 0 Å². The highest BCUT2D eigenvalue weighted by atomic mass is 15.1. The molecule has 0 fully saturated rings. The second-order valence-corrected chi connectivity index (χ2v) is 7.96. The van der Waals surface area contributed by atoms with Crippen LogP contribution in [0.15, 0.2) is 133 Å². The standard InChI is InChI=1S/C31H25N/c1-32(30-20-16-28(17-21-30)25-10-6-3-7-11-25)31-22-18-29(19-23-31)27-14-12-26(13-15-27)24-8-4-2-5-9-24/h2-23H,1H3. The minimum Gasteiger partial charge on any atom is -0.345 e. The maximum atomic E-state index is 2.22. The molecule has 0 bridgehead atoms. The summed E-state index contributed by atoms with van der Waals surface area (Å²) in [6.45, 7) is 0. The maximum Gasteiger partial charge on any atom is 0.0408 e. The smallest absolute Gasteiger partial charge is 0.0408 e. The lowest BCUT2D eigenvalue weighted by molar-refractivity contribution is 1.21. The Morgan fingerprint density at radius 2 is 0.562 bits per heavy atom. The molecule has 32 heavy (non-hydrogen) atoms. The van der Waals surface area contributed by atoms with Crippen LogP contribution in [0.1, 0.15) is 0 Å². The SMILES string of the molecule is CN(c1ccc(-c2ccccc2)cc1)c1ccc(-c2ccc(-c3ccccc3)cc2)cc1. The largest absolute Gasteiger partial charge is 0.345 e. The highest BCUT2D eigenvalue weighted by Gasteiger charge is 2.06. The van der Waals surface area contributed by atoms with Gasteiger partial charge >= 0.3 is 0 Å². The van der Waals surface area contributed by atoms with Crippen molar-refractivity contribution >= 4 is 11.4 Å². The predicted octanol–water partition coefficient (Wildman–Crippen LogP) is 8.46. The summed E-state index contributed by atoms with van der Waals surface area (Å²) >= 11 is 0. The Labute approximate surface area is 190 Å². The number of rotatable bonds is 5. The Hall–Kier alpha value is -4.10. The Morgan fingerprint density at radius 3 is 0.875 bits per heavy atom. The first-order chi connectivity index (χ1) is 15.8. The van der Waals surface area contributed by atoms with Gasteiger partial charge < -0.3 is 4.90 Å². The Kier molecular flexibility index (Phi) is 5.55. The van der Waals surface area contributed by atoms with E-state index in [9.17, 15) is 0 Å². The van der Waals surface area contributed by atoms with E-state index in [1.807, 2.05) is 12.1 Å². The third-order valence-corrected chi connectivity index (χ3v) is 5.94. The zero-order valence-electron chi connectivity index (χ0n) is 18.1. The van der Waals surface area contributed by atoms with Crippen LogP contribution in [0.4, 0.5) is 11.4 Å². The number of hydrogen-bond acceptors (Lipinski definition) is 1. The summed E-state index contributed by atoms with van der Waals surface area (Å²) in [6.07, 6.45) is 0. The zero-order valence-corrected chi connectivity index (χ0v) is 18.1. The van der Waals surface area contributed by atoms with E-state index in [2.05, 4.69) is 133 Å². The molecule has 1 nitrogen and oxygen atoms in total. The molecule has 0 aliphatic rings. The molecular formula is C31H25N.